The van der Waals surface area contributed by atoms with Crippen molar-refractivity contribution in [2.45, 2.75) is 83.5 Å². The molecule has 186 valence electrons. The monoisotopic (exact) mass is 479 g/mol. The lowest BCUT2D eigenvalue weighted by molar-refractivity contribution is 0.0734. The van der Waals surface area contributed by atoms with Gasteiger partial charge in [-0.3, -0.25) is 0 Å². The molecule has 0 radical (unpaired) electrons. The zero-order chi connectivity index (χ0) is 24.8. The third kappa shape index (κ3) is 6.28. The van der Waals surface area contributed by atoms with Crippen LogP contribution in [0, 0.1) is 40.7 Å². The average molecular weight is 480 g/mol. The molecule has 0 aromatic heterocycles. The molecule has 4 atom stereocenters. The summed E-state index contributed by atoms with van der Waals surface area (Å²) in [5, 5.41) is 8.77. The molecule has 0 aliphatic heterocycles. The van der Waals surface area contributed by atoms with Gasteiger partial charge in [0.25, 0.3) is 0 Å². The first kappa shape index (κ1) is 25.4. The van der Waals surface area contributed by atoms with Crippen LogP contribution in [0.5, 0.6) is 5.75 Å². The number of halogens is 2. The van der Waals surface area contributed by atoms with E-state index in [1.54, 1.807) is 12.1 Å². The number of carbonyl (C=O) groups excluding carboxylic acids is 1. The van der Waals surface area contributed by atoms with Gasteiger partial charge in [-0.25, -0.2) is 13.6 Å². The standard InChI is InChI=1S/C30H35F2NO2/c1-2-3-4-5-6-20-7-8-25-16-24(14-13-23(25)15-20)21-9-11-22(12-10-21)30(34)35-26-17-28(31)27(19-33)29(32)18-26/h9-12,17-18,20,23-25H,2-8,13-16H2,1H3/t20-,23-,24?,25+/m0/s1. The number of rotatable bonds is 8. The van der Waals surface area contributed by atoms with Crippen molar-refractivity contribution in [3.63, 3.8) is 0 Å². The van der Waals surface area contributed by atoms with Crippen molar-refractivity contribution in [1.82, 2.24) is 0 Å². The number of fused-ring (bicyclic) bond motifs is 1. The Morgan fingerprint density at radius 1 is 0.971 bits per heavy atom. The summed E-state index contributed by atoms with van der Waals surface area (Å²) in [5.74, 6) is 0.0918. The summed E-state index contributed by atoms with van der Waals surface area (Å²) in [7, 11) is 0. The zero-order valence-electron chi connectivity index (χ0n) is 20.6. The highest BCUT2D eigenvalue weighted by molar-refractivity contribution is 5.91. The van der Waals surface area contributed by atoms with Gasteiger partial charge in [-0.15, -0.1) is 0 Å². The summed E-state index contributed by atoms with van der Waals surface area (Å²) in [6, 6.07) is 10.6. The van der Waals surface area contributed by atoms with Crippen molar-refractivity contribution >= 4 is 5.97 Å². The molecule has 4 rings (SSSR count). The average Bonchev–Trinajstić information content (AvgIpc) is 2.86. The minimum Gasteiger partial charge on any atom is -0.423 e. The molecule has 0 bridgehead atoms. The minimum absolute atomic E-state index is 0.257. The summed E-state index contributed by atoms with van der Waals surface area (Å²) >= 11 is 0. The van der Waals surface area contributed by atoms with Crippen molar-refractivity contribution in [3.05, 3.63) is 64.7 Å². The number of nitriles is 1. The van der Waals surface area contributed by atoms with E-state index in [9.17, 15) is 13.6 Å². The molecule has 35 heavy (non-hydrogen) atoms. The maximum atomic E-state index is 13.8. The van der Waals surface area contributed by atoms with Crippen LogP contribution in [0.3, 0.4) is 0 Å². The third-order valence-corrected chi connectivity index (χ3v) is 8.14. The molecule has 2 aliphatic rings. The number of nitrogens with zero attached hydrogens (tertiary/aromatic N) is 1. The molecule has 2 saturated carbocycles. The molecule has 0 amide bonds. The Kier molecular flexibility index (Phi) is 8.55. The van der Waals surface area contributed by atoms with Crippen LogP contribution in [-0.4, -0.2) is 5.97 Å². The molecule has 0 spiro atoms. The van der Waals surface area contributed by atoms with Gasteiger partial charge < -0.3 is 4.74 Å². The number of esters is 1. The Hall–Kier alpha value is -2.74. The fourth-order valence-corrected chi connectivity index (χ4v) is 6.18. The van der Waals surface area contributed by atoms with Crippen molar-refractivity contribution < 1.29 is 18.3 Å². The zero-order valence-corrected chi connectivity index (χ0v) is 20.6. The molecule has 3 nitrogen and oxygen atoms in total. The molecule has 2 fully saturated rings. The number of benzene rings is 2. The number of unbranched alkanes of at least 4 members (excludes halogenated alkanes) is 3. The molecule has 2 aliphatic carbocycles. The van der Waals surface area contributed by atoms with E-state index in [4.69, 9.17) is 10.00 Å². The Morgan fingerprint density at radius 3 is 2.34 bits per heavy atom. The number of ether oxygens (including phenoxy) is 1. The molecule has 5 heteroatoms. The van der Waals surface area contributed by atoms with Gasteiger partial charge in [0.05, 0.1) is 5.56 Å². The van der Waals surface area contributed by atoms with Crippen molar-refractivity contribution in [2.24, 2.45) is 17.8 Å². The highest BCUT2D eigenvalue weighted by Crippen LogP contribution is 2.48. The van der Waals surface area contributed by atoms with Gasteiger partial charge in [-0.05, 0) is 73.5 Å². The van der Waals surface area contributed by atoms with Gasteiger partial charge in [0.1, 0.15) is 29.0 Å². The van der Waals surface area contributed by atoms with Crippen LogP contribution in [0.25, 0.3) is 0 Å². The number of hydrogen-bond donors (Lipinski definition) is 0. The summed E-state index contributed by atoms with van der Waals surface area (Å²) < 4.78 is 32.7. The second-order valence-electron chi connectivity index (χ2n) is 10.4. The van der Waals surface area contributed by atoms with Crippen LogP contribution in [0.4, 0.5) is 8.78 Å². The molecule has 0 N–H and O–H groups in total. The first-order valence-electron chi connectivity index (χ1n) is 13.2. The first-order valence-corrected chi connectivity index (χ1v) is 13.2. The molecular formula is C30H35F2NO2. The van der Waals surface area contributed by atoms with E-state index in [1.165, 1.54) is 82.3 Å². The van der Waals surface area contributed by atoms with E-state index in [-0.39, 0.29) is 5.75 Å². The Bertz CT molecular complexity index is 1040. The SMILES string of the molecule is CCCCCC[C@H]1CC[C@@H]2CC(c3ccc(C(=O)Oc4cc(F)c(C#N)c(F)c4)cc3)CC[C@H]2C1. The quantitative estimate of drug-likeness (QED) is 0.217. The second kappa shape index (κ2) is 11.8. The van der Waals surface area contributed by atoms with Crippen LogP contribution in [0.15, 0.2) is 36.4 Å². The number of carbonyl (C=O) groups is 1. The highest BCUT2D eigenvalue weighted by Gasteiger charge is 2.35. The molecule has 2 aromatic rings. The first-order chi connectivity index (χ1) is 17.0. The fraction of sp³-hybridized carbons (Fsp3) is 0.533. The van der Waals surface area contributed by atoms with Gasteiger partial charge in [0.2, 0.25) is 0 Å². The smallest absolute Gasteiger partial charge is 0.343 e. The molecular weight excluding hydrogens is 444 g/mol. The summed E-state index contributed by atoms with van der Waals surface area (Å²) in [5.41, 5.74) is 0.887. The van der Waals surface area contributed by atoms with E-state index < -0.39 is 23.2 Å². The highest BCUT2D eigenvalue weighted by atomic mass is 19.1. The van der Waals surface area contributed by atoms with Crippen LogP contribution in [-0.2, 0) is 0 Å². The van der Waals surface area contributed by atoms with Crippen molar-refractivity contribution in [2.75, 3.05) is 0 Å². The predicted octanol–water partition coefficient (Wildman–Crippen LogP) is 8.33. The third-order valence-electron chi connectivity index (χ3n) is 8.14. The van der Waals surface area contributed by atoms with Gasteiger partial charge >= 0.3 is 5.97 Å². The fourth-order valence-electron chi connectivity index (χ4n) is 6.18. The van der Waals surface area contributed by atoms with Crippen LogP contribution < -0.4 is 4.74 Å². The summed E-state index contributed by atoms with van der Waals surface area (Å²) in [6.07, 6.45) is 14.7. The Balaban J connectivity index is 1.30. The Morgan fingerprint density at radius 2 is 1.66 bits per heavy atom. The van der Waals surface area contributed by atoms with E-state index in [1.807, 2.05) is 12.1 Å². The summed E-state index contributed by atoms with van der Waals surface area (Å²) in [6.45, 7) is 2.27. The molecule has 0 heterocycles. The predicted molar refractivity (Wildman–Crippen MR) is 132 cm³/mol. The van der Waals surface area contributed by atoms with E-state index in [0.717, 1.165) is 29.9 Å². The maximum Gasteiger partial charge on any atom is 0.343 e. The Labute approximate surface area is 207 Å². The van der Waals surface area contributed by atoms with Gasteiger partial charge in [-0.2, -0.15) is 5.26 Å². The lowest BCUT2D eigenvalue weighted by Gasteiger charge is -2.42. The second-order valence-corrected chi connectivity index (χ2v) is 10.4. The lowest BCUT2D eigenvalue weighted by atomic mass is 9.63. The molecule has 0 saturated heterocycles. The molecule has 1 unspecified atom stereocenters. The van der Waals surface area contributed by atoms with Crippen LogP contribution in [0.1, 0.15) is 105 Å². The molecule has 2 aromatic carbocycles. The van der Waals surface area contributed by atoms with E-state index in [2.05, 4.69) is 6.92 Å². The topological polar surface area (TPSA) is 50.1 Å². The van der Waals surface area contributed by atoms with Gasteiger partial charge in [0, 0.05) is 12.1 Å². The minimum atomic E-state index is -1.05. The maximum absolute atomic E-state index is 13.8. The normalized spacial score (nSPS) is 23.8. The van der Waals surface area contributed by atoms with E-state index in [0.29, 0.717) is 11.5 Å². The lowest BCUT2D eigenvalue weighted by Crippen LogP contribution is -2.30. The number of hydrogen-bond acceptors (Lipinski definition) is 3. The van der Waals surface area contributed by atoms with Crippen molar-refractivity contribution in [3.8, 4) is 11.8 Å². The summed E-state index contributed by atoms with van der Waals surface area (Å²) in [4.78, 5) is 12.5. The van der Waals surface area contributed by atoms with Crippen LogP contribution in [0.2, 0.25) is 0 Å². The van der Waals surface area contributed by atoms with Crippen molar-refractivity contribution in [1.29, 1.82) is 5.26 Å². The van der Waals surface area contributed by atoms with Gasteiger partial charge in [0.15, 0.2) is 0 Å². The van der Waals surface area contributed by atoms with Gasteiger partial charge in [-0.1, -0.05) is 57.6 Å². The van der Waals surface area contributed by atoms with E-state index >= 15 is 0 Å². The van der Waals surface area contributed by atoms with Crippen LogP contribution >= 0.6 is 0 Å². The largest absolute Gasteiger partial charge is 0.423 e.